The van der Waals surface area contributed by atoms with Gasteiger partial charge in [0.2, 0.25) is 6.41 Å². The number of esters is 1. The van der Waals surface area contributed by atoms with Crippen LogP contribution in [0.5, 0.6) is 0 Å². The predicted molar refractivity (Wildman–Crippen MR) is 35.3 cm³/mol. The van der Waals surface area contributed by atoms with Gasteiger partial charge in [0.1, 0.15) is 6.04 Å². The fourth-order valence-electron chi connectivity index (χ4n) is 0.577. The van der Waals surface area contributed by atoms with Crippen molar-refractivity contribution in [3.63, 3.8) is 0 Å². The highest BCUT2D eigenvalue weighted by atomic mass is 16.5. The third kappa shape index (κ3) is 2.48. The lowest BCUT2D eigenvalue weighted by atomic mass is 10.2. The van der Waals surface area contributed by atoms with Gasteiger partial charge in [0.05, 0.1) is 7.11 Å². The third-order valence-electron chi connectivity index (χ3n) is 1.16. The van der Waals surface area contributed by atoms with Gasteiger partial charge in [-0.25, -0.2) is 4.79 Å². The Morgan fingerprint density at radius 2 is 2.40 bits per heavy atom. The zero-order valence-corrected chi connectivity index (χ0v) is 6.09. The van der Waals surface area contributed by atoms with E-state index in [1.807, 2.05) is 0 Å². The summed E-state index contributed by atoms with van der Waals surface area (Å²) in [7, 11) is 1.29. The van der Waals surface area contributed by atoms with E-state index in [0.29, 0.717) is 12.8 Å². The summed E-state index contributed by atoms with van der Waals surface area (Å²) in [6.07, 6.45) is 1.04. The van der Waals surface area contributed by atoms with Crippen molar-refractivity contribution in [3.05, 3.63) is 0 Å². The Morgan fingerprint density at radius 1 is 1.80 bits per heavy atom. The van der Waals surface area contributed by atoms with Crippen molar-refractivity contribution >= 4 is 12.4 Å². The van der Waals surface area contributed by atoms with Gasteiger partial charge < -0.3 is 10.1 Å². The maximum atomic E-state index is 10.7. The Labute approximate surface area is 59.6 Å². The van der Waals surface area contributed by atoms with Crippen LogP contribution >= 0.6 is 0 Å². The van der Waals surface area contributed by atoms with Gasteiger partial charge in [-0.15, -0.1) is 0 Å². The van der Waals surface area contributed by atoms with Crippen LogP contribution in [-0.2, 0) is 14.3 Å². The zero-order chi connectivity index (χ0) is 7.98. The maximum absolute atomic E-state index is 10.7. The molecule has 0 heterocycles. The minimum Gasteiger partial charge on any atom is -0.467 e. The van der Waals surface area contributed by atoms with Crippen molar-refractivity contribution in [2.45, 2.75) is 19.4 Å². The molecule has 0 aromatic carbocycles. The molecular weight excluding hydrogens is 134 g/mol. The lowest BCUT2D eigenvalue weighted by Crippen LogP contribution is -2.35. The number of nitrogens with one attached hydrogen (secondary N) is 1. The molecule has 1 N–H and O–H groups in total. The summed E-state index contributed by atoms with van der Waals surface area (Å²) in [5, 5.41) is 2.33. The normalized spacial score (nSPS) is 11.8. The Kier molecular flexibility index (Phi) is 4.28. The van der Waals surface area contributed by atoms with E-state index >= 15 is 0 Å². The van der Waals surface area contributed by atoms with Gasteiger partial charge in [0.15, 0.2) is 0 Å². The van der Waals surface area contributed by atoms with Gasteiger partial charge in [0.25, 0.3) is 0 Å². The van der Waals surface area contributed by atoms with E-state index in [-0.39, 0.29) is 0 Å². The van der Waals surface area contributed by atoms with Gasteiger partial charge in [-0.05, 0) is 6.42 Å². The fraction of sp³-hybridized carbons (Fsp3) is 0.667. The second-order valence-electron chi connectivity index (χ2n) is 1.77. The molecule has 4 heteroatoms. The van der Waals surface area contributed by atoms with Crippen molar-refractivity contribution in [3.8, 4) is 0 Å². The molecule has 0 aliphatic carbocycles. The Bertz CT molecular complexity index is 124. The minimum atomic E-state index is -0.498. The largest absolute Gasteiger partial charge is 0.467 e. The van der Waals surface area contributed by atoms with Crippen LogP contribution in [0.25, 0.3) is 0 Å². The van der Waals surface area contributed by atoms with E-state index in [9.17, 15) is 9.59 Å². The second-order valence-corrected chi connectivity index (χ2v) is 1.77. The molecule has 0 aliphatic heterocycles. The number of carbonyl (C=O) groups is 2. The monoisotopic (exact) mass is 145 g/mol. The van der Waals surface area contributed by atoms with Gasteiger partial charge in [-0.1, -0.05) is 6.92 Å². The number of amides is 1. The molecule has 0 aromatic rings. The zero-order valence-electron chi connectivity index (χ0n) is 6.09. The lowest BCUT2D eigenvalue weighted by molar-refractivity contribution is -0.144. The van der Waals surface area contributed by atoms with Gasteiger partial charge >= 0.3 is 5.97 Å². The molecule has 1 atom stereocenters. The summed E-state index contributed by atoms with van der Waals surface area (Å²) in [6, 6.07) is -0.498. The molecule has 0 fully saturated rings. The number of hydrogen-bond donors (Lipinski definition) is 1. The molecule has 0 bridgehead atoms. The average Bonchev–Trinajstić information content (AvgIpc) is 1.99. The first-order chi connectivity index (χ1) is 4.76. The van der Waals surface area contributed by atoms with E-state index in [1.165, 1.54) is 7.11 Å². The van der Waals surface area contributed by atoms with E-state index in [1.54, 1.807) is 6.92 Å². The van der Waals surface area contributed by atoms with Crippen LogP contribution in [0.15, 0.2) is 0 Å². The van der Waals surface area contributed by atoms with Crippen molar-refractivity contribution in [2.24, 2.45) is 0 Å². The van der Waals surface area contributed by atoms with Crippen LogP contribution < -0.4 is 5.32 Å². The van der Waals surface area contributed by atoms with E-state index in [0.717, 1.165) is 0 Å². The highest BCUT2D eigenvalue weighted by molar-refractivity contribution is 5.77. The molecule has 0 saturated heterocycles. The highest BCUT2D eigenvalue weighted by Crippen LogP contribution is 1.91. The Balaban J connectivity index is 3.79. The topological polar surface area (TPSA) is 55.4 Å². The maximum Gasteiger partial charge on any atom is 0.328 e. The van der Waals surface area contributed by atoms with Crippen LogP contribution in [-0.4, -0.2) is 25.5 Å². The Morgan fingerprint density at radius 3 is 2.70 bits per heavy atom. The molecule has 0 saturated carbocycles. The SMILES string of the molecule is CC[C@@H](NC=O)C(=O)OC. The number of carbonyl (C=O) groups excluding carboxylic acids is 2. The van der Waals surface area contributed by atoms with Gasteiger partial charge in [-0.2, -0.15) is 0 Å². The van der Waals surface area contributed by atoms with Gasteiger partial charge in [-0.3, -0.25) is 4.79 Å². The molecule has 1 amide bonds. The molecular formula is C6H11NO3. The standard InChI is InChI=1S/C6H11NO3/c1-3-5(7-4-8)6(9)10-2/h4-5H,3H2,1-2H3,(H,7,8)/t5-/m1/s1. The number of ether oxygens (including phenoxy) is 1. The summed E-state index contributed by atoms with van der Waals surface area (Å²) in [6.45, 7) is 1.79. The second kappa shape index (κ2) is 4.78. The summed E-state index contributed by atoms with van der Waals surface area (Å²) in [5.41, 5.74) is 0. The van der Waals surface area contributed by atoms with Crippen molar-refractivity contribution < 1.29 is 14.3 Å². The first-order valence-electron chi connectivity index (χ1n) is 3.03. The van der Waals surface area contributed by atoms with Crippen molar-refractivity contribution in [1.29, 1.82) is 0 Å². The molecule has 0 spiro atoms. The molecule has 58 valence electrons. The third-order valence-corrected chi connectivity index (χ3v) is 1.16. The predicted octanol–water partition coefficient (Wildman–Crippen LogP) is -0.316. The number of hydrogen-bond acceptors (Lipinski definition) is 3. The first-order valence-corrected chi connectivity index (χ1v) is 3.03. The van der Waals surface area contributed by atoms with Crippen LogP contribution in [0.3, 0.4) is 0 Å². The molecule has 0 aromatic heterocycles. The summed E-state index contributed by atoms with van der Waals surface area (Å²) < 4.78 is 4.40. The summed E-state index contributed by atoms with van der Waals surface area (Å²) in [5.74, 6) is -0.408. The lowest BCUT2D eigenvalue weighted by Gasteiger charge is -2.09. The van der Waals surface area contributed by atoms with E-state index in [4.69, 9.17) is 0 Å². The smallest absolute Gasteiger partial charge is 0.328 e. The van der Waals surface area contributed by atoms with Crippen molar-refractivity contribution in [1.82, 2.24) is 5.32 Å². The Hall–Kier alpha value is -1.06. The fourth-order valence-corrected chi connectivity index (χ4v) is 0.577. The number of rotatable bonds is 4. The minimum absolute atomic E-state index is 0.408. The molecule has 0 aliphatic rings. The molecule has 0 radical (unpaired) electrons. The molecule has 0 unspecified atom stereocenters. The quantitative estimate of drug-likeness (QED) is 0.436. The van der Waals surface area contributed by atoms with Crippen LogP contribution in [0.2, 0.25) is 0 Å². The molecule has 10 heavy (non-hydrogen) atoms. The number of methoxy groups -OCH3 is 1. The summed E-state index contributed by atoms with van der Waals surface area (Å²) >= 11 is 0. The molecule has 4 nitrogen and oxygen atoms in total. The highest BCUT2D eigenvalue weighted by Gasteiger charge is 2.14. The average molecular weight is 145 g/mol. The van der Waals surface area contributed by atoms with Crippen LogP contribution in [0, 0.1) is 0 Å². The van der Waals surface area contributed by atoms with Crippen molar-refractivity contribution in [2.75, 3.05) is 7.11 Å². The van der Waals surface area contributed by atoms with Crippen LogP contribution in [0.4, 0.5) is 0 Å². The van der Waals surface area contributed by atoms with Crippen LogP contribution in [0.1, 0.15) is 13.3 Å². The van der Waals surface area contributed by atoms with Gasteiger partial charge in [0, 0.05) is 0 Å². The first kappa shape index (κ1) is 8.94. The molecule has 0 rings (SSSR count). The summed E-state index contributed by atoms with van der Waals surface area (Å²) in [4.78, 5) is 20.6. The van der Waals surface area contributed by atoms with E-state index in [2.05, 4.69) is 10.1 Å². The van der Waals surface area contributed by atoms with E-state index < -0.39 is 12.0 Å².